The first-order valence-corrected chi connectivity index (χ1v) is 12.4. The fraction of sp³-hybridized carbons (Fsp3) is 0.741. The maximum atomic E-state index is 13.0. The normalized spacial score (nSPS) is 35.0. The number of carbonyl (C=O) groups is 1. The molecule has 0 saturated heterocycles. The summed E-state index contributed by atoms with van der Waals surface area (Å²) in [5, 5.41) is 0. The fourth-order valence-electron chi connectivity index (χ4n) is 6.87. The highest BCUT2D eigenvalue weighted by molar-refractivity contribution is 5.75. The molecule has 1 aromatic rings. The monoisotopic (exact) mass is 396 g/mol. The number of esters is 1. The Labute approximate surface area is 177 Å². The molecule has 4 atom stereocenters. The number of aryl methyl sites for hydroxylation is 1. The number of rotatable bonds is 5. The molecule has 1 aromatic carbocycles. The summed E-state index contributed by atoms with van der Waals surface area (Å²) in [4.78, 5) is 13.0. The topological polar surface area (TPSA) is 26.3 Å². The molecule has 4 unspecified atom stereocenters. The molecular weight excluding hydrogens is 356 g/mol. The van der Waals surface area contributed by atoms with Crippen molar-refractivity contribution in [3.63, 3.8) is 0 Å². The van der Waals surface area contributed by atoms with Gasteiger partial charge in [0, 0.05) is 0 Å². The molecule has 0 aromatic heterocycles. The van der Waals surface area contributed by atoms with E-state index in [0.29, 0.717) is 11.7 Å². The van der Waals surface area contributed by atoms with Gasteiger partial charge in [-0.15, -0.1) is 0 Å². The number of hydrogen-bond acceptors (Lipinski definition) is 2. The molecule has 0 radical (unpaired) electrons. The molecule has 2 nitrogen and oxygen atoms in total. The molecular formula is C27H40O2. The molecule has 0 N–H and O–H groups in total. The summed E-state index contributed by atoms with van der Waals surface area (Å²) in [6.07, 6.45) is 16.2. The van der Waals surface area contributed by atoms with Gasteiger partial charge in [-0.05, 0) is 87.2 Å². The summed E-state index contributed by atoms with van der Waals surface area (Å²) in [7, 11) is 0. The summed E-state index contributed by atoms with van der Waals surface area (Å²) in [6, 6.07) is 7.90. The van der Waals surface area contributed by atoms with Gasteiger partial charge in [0.25, 0.3) is 0 Å². The van der Waals surface area contributed by atoms with Crippen LogP contribution in [0.15, 0.2) is 24.3 Å². The average molecular weight is 397 g/mol. The van der Waals surface area contributed by atoms with Gasteiger partial charge in [0.05, 0.1) is 5.92 Å². The Bertz CT molecular complexity index is 656. The van der Waals surface area contributed by atoms with Crippen LogP contribution in [0.3, 0.4) is 0 Å². The predicted octanol–water partition coefficient (Wildman–Crippen LogP) is 7.34. The average Bonchev–Trinajstić information content (AvgIpc) is 2.75. The van der Waals surface area contributed by atoms with Gasteiger partial charge < -0.3 is 4.74 Å². The van der Waals surface area contributed by atoms with Crippen molar-refractivity contribution < 1.29 is 9.53 Å². The molecule has 0 aliphatic heterocycles. The van der Waals surface area contributed by atoms with Gasteiger partial charge in [0.2, 0.25) is 0 Å². The number of fused-ring (bicyclic) bond motifs is 1. The van der Waals surface area contributed by atoms with Gasteiger partial charge in [0.1, 0.15) is 5.75 Å². The van der Waals surface area contributed by atoms with Crippen molar-refractivity contribution in [1.82, 2.24) is 0 Å². The SMILES string of the molecule is CCCC1CCC(C2CCC3C(CCCC3C(=O)Oc3ccc(C)cc3)C2)CC1. The second-order valence-corrected chi connectivity index (χ2v) is 10.3. The Morgan fingerprint density at radius 1 is 0.897 bits per heavy atom. The third-order valence-corrected chi connectivity index (χ3v) is 8.49. The Morgan fingerprint density at radius 3 is 2.34 bits per heavy atom. The van der Waals surface area contributed by atoms with Crippen LogP contribution in [0, 0.1) is 42.4 Å². The van der Waals surface area contributed by atoms with Crippen molar-refractivity contribution in [3.8, 4) is 5.75 Å². The summed E-state index contributed by atoms with van der Waals surface area (Å²) in [5.74, 6) is 5.07. The Balaban J connectivity index is 1.32. The zero-order valence-electron chi connectivity index (χ0n) is 18.6. The molecule has 3 saturated carbocycles. The van der Waals surface area contributed by atoms with Crippen LogP contribution in [0.2, 0.25) is 0 Å². The van der Waals surface area contributed by atoms with Crippen LogP contribution in [0.5, 0.6) is 5.75 Å². The van der Waals surface area contributed by atoms with E-state index < -0.39 is 0 Å². The zero-order valence-corrected chi connectivity index (χ0v) is 18.6. The molecule has 3 fully saturated rings. The third-order valence-electron chi connectivity index (χ3n) is 8.49. The van der Waals surface area contributed by atoms with Gasteiger partial charge in [0.15, 0.2) is 0 Å². The van der Waals surface area contributed by atoms with Gasteiger partial charge in [-0.1, -0.05) is 63.1 Å². The van der Waals surface area contributed by atoms with Crippen LogP contribution in [0.25, 0.3) is 0 Å². The van der Waals surface area contributed by atoms with E-state index in [-0.39, 0.29) is 11.9 Å². The lowest BCUT2D eigenvalue weighted by molar-refractivity contribution is -0.144. The lowest BCUT2D eigenvalue weighted by Crippen LogP contribution is -2.40. The van der Waals surface area contributed by atoms with E-state index in [0.717, 1.165) is 30.1 Å². The molecule has 3 aliphatic rings. The minimum Gasteiger partial charge on any atom is -0.426 e. The van der Waals surface area contributed by atoms with Crippen molar-refractivity contribution in [2.45, 2.75) is 90.9 Å². The second-order valence-electron chi connectivity index (χ2n) is 10.3. The standard InChI is InChI=1S/C27H40O2/c1-3-5-20-10-12-21(13-11-20)22-14-17-25-23(18-22)6-4-7-26(25)27(28)29-24-15-8-19(2)9-16-24/h8-9,15-16,20-23,25-26H,3-7,10-14,17-18H2,1-2H3. The van der Waals surface area contributed by atoms with Crippen molar-refractivity contribution in [1.29, 1.82) is 0 Å². The van der Waals surface area contributed by atoms with Crippen LogP contribution < -0.4 is 4.74 Å². The molecule has 2 heteroatoms. The number of benzene rings is 1. The van der Waals surface area contributed by atoms with Crippen molar-refractivity contribution >= 4 is 5.97 Å². The molecule has 0 heterocycles. The first kappa shape index (κ1) is 20.9. The molecule has 4 rings (SSSR count). The lowest BCUT2D eigenvalue weighted by Gasteiger charge is -2.46. The first-order chi connectivity index (χ1) is 14.1. The fourth-order valence-corrected chi connectivity index (χ4v) is 6.87. The van der Waals surface area contributed by atoms with Crippen molar-refractivity contribution in [2.24, 2.45) is 35.5 Å². The molecule has 0 bridgehead atoms. The third kappa shape index (κ3) is 5.06. The molecule has 0 spiro atoms. The minimum absolute atomic E-state index is 0.0297. The summed E-state index contributed by atoms with van der Waals surface area (Å²) in [5.41, 5.74) is 1.20. The van der Waals surface area contributed by atoms with Crippen LogP contribution in [0.4, 0.5) is 0 Å². The lowest BCUT2D eigenvalue weighted by atomic mass is 9.59. The Kier molecular flexibility index (Phi) is 6.98. The summed E-state index contributed by atoms with van der Waals surface area (Å²) < 4.78 is 5.80. The van der Waals surface area contributed by atoms with Crippen LogP contribution in [-0.2, 0) is 4.79 Å². The van der Waals surface area contributed by atoms with E-state index >= 15 is 0 Å². The predicted molar refractivity (Wildman–Crippen MR) is 119 cm³/mol. The van der Waals surface area contributed by atoms with Gasteiger partial charge >= 0.3 is 5.97 Å². The highest BCUT2D eigenvalue weighted by Gasteiger charge is 2.43. The summed E-state index contributed by atoms with van der Waals surface area (Å²) in [6.45, 7) is 4.39. The summed E-state index contributed by atoms with van der Waals surface area (Å²) >= 11 is 0. The molecule has 29 heavy (non-hydrogen) atoms. The van der Waals surface area contributed by atoms with E-state index in [1.807, 2.05) is 24.3 Å². The number of hydrogen-bond donors (Lipinski definition) is 0. The van der Waals surface area contributed by atoms with E-state index in [1.165, 1.54) is 76.2 Å². The van der Waals surface area contributed by atoms with Gasteiger partial charge in [-0.3, -0.25) is 4.79 Å². The van der Waals surface area contributed by atoms with Crippen LogP contribution >= 0.6 is 0 Å². The Morgan fingerprint density at radius 2 is 1.62 bits per heavy atom. The molecule has 3 aliphatic carbocycles. The first-order valence-electron chi connectivity index (χ1n) is 12.4. The highest BCUT2D eigenvalue weighted by Crippen LogP contribution is 2.50. The van der Waals surface area contributed by atoms with Crippen molar-refractivity contribution in [3.05, 3.63) is 29.8 Å². The van der Waals surface area contributed by atoms with Crippen molar-refractivity contribution in [2.75, 3.05) is 0 Å². The van der Waals surface area contributed by atoms with E-state index in [1.54, 1.807) is 0 Å². The minimum atomic E-state index is 0.0297. The van der Waals surface area contributed by atoms with E-state index in [4.69, 9.17) is 4.74 Å². The highest BCUT2D eigenvalue weighted by atomic mass is 16.5. The van der Waals surface area contributed by atoms with E-state index in [9.17, 15) is 4.79 Å². The molecule has 0 amide bonds. The number of carbonyl (C=O) groups excluding carboxylic acids is 1. The second kappa shape index (κ2) is 9.67. The van der Waals surface area contributed by atoms with Gasteiger partial charge in [-0.2, -0.15) is 0 Å². The number of ether oxygens (including phenoxy) is 1. The smallest absolute Gasteiger partial charge is 0.314 e. The zero-order chi connectivity index (χ0) is 20.2. The van der Waals surface area contributed by atoms with Gasteiger partial charge in [-0.25, -0.2) is 0 Å². The van der Waals surface area contributed by atoms with Crippen LogP contribution in [-0.4, -0.2) is 5.97 Å². The molecule has 160 valence electrons. The Hall–Kier alpha value is -1.31. The maximum absolute atomic E-state index is 13.0. The van der Waals surface area contributed by atoms with Crippen LogP contribution in [0.1, 0.15) is 89.5 Å². The maximum Gasteiger partial charge on any atom is 0.314 e. The largest absolute Gasteiger partial charge is 0.426 e. The van der Waals surface area contributed by atoms with E-state index in [2.05, 4.69) is 13.8 Å². The quantitative estimate of drug-likeness (QED) is 0.384.